The maximum atomic E-state index is 13.7. The van der Waals surface area contributed by atoms with E-state index in [0.29, 0.717) is 18.9 Å². The smallest absolute Gasteiger partial charge is 0.146 e. The van der Waals surface area contributed by atoms with Gasteiger partial charge in [-0.1, -0.05) is 6.07 Å². The largest absolute Gasteiger partial charge is 0.378 e. The summed E-state index contributed by atoms with van der Waals surface area (Å²) in [5.74, 6) is -0.189. The number of rotatable bonds is 2. The summed E-state index contributed by atoms with van der Waals surface area (Å²) in [6, 6.07) is 5.00. The van der Waals surface area contributed by atoms with Crippen LogP contribution in [0, 0.1) is 5.82 Å². The zero-order valence-electron chi connectivity index (χ0n) is 9.45. The van der Waals surface area contributed by atoms with Crippen LogP contribution in [0.3, 0.4) is 0 Å². The molecule has 0 saturated carbocycles. The Morgan fingerprint density at radius 2 is 2.06 bits per heavy atom. The van der Waals surface area contributed by atoms with E-state index >= 15 is 0 Å². The number of ether oxygens (including phenoxy) is 1. The molecule has 0 spiro atoms. The first-order valence-electron chi connectivity index (χ1n) is 5.56. The summed E-state index contributed by atoms with van der Waals surface area (Å²) < 4.78 is 18.9. The molecule has 0 bridgehead atoms. The molecule has 16 heavy (non-hydrogen) atoms. The van der Waals surface area contributed by atoms with Gasteiger partial charge in [0.05, 0.1) is 18.9 Å². The Morgan fingerprint density at radius 3 is 2.69 bits per heavy atom. The minimum absolute atomic E-state index is 0.0691. The Morgan fingerprint density at radius 1 is 1.38 bits per heavy atom. The van der Waals surface area contributed by atoms with Gasteiger partial charge in [0.25, 0.3) is 0 Å². The Kier molecular flexibility index (Phi) is 3.41. The molecule has 2 rings (SSSR count). The van der Waals surface area contributed by atoms with E-state index in [9.17, 15) is 4.39 Å². The summed E-state index contributed by atoms with van der Waals surface area (Å²) in [6.07, 6.45) is 0. The van der Waals surface area contributed by atoms with E-state index in [1.165, 1.54) is 6.07 Å². The van der Waals surface area contributed by atoms with Crippen LogP contribution >= 0.6 is 0 Å². The van der Waals surface area contributed by atoms with Crippen LogP contribution in [0.25, 0.3) is 0 Å². The third-order valence-electron chi connectivity index (χ3n) is 2.85. The average molecular weight is 224 g/mol. The number of halogens is 1. The molecule has 4 heteroatoms. The second-order valence-corrected chi connectivity index (χ2v) is 4.10. The monoisotopic (exact) mass is 224 g/mol. The predicted octanol–water partition coefficient (Wildman–Crippen LogP) is 1.68. The molecular formula is C12H17FN2O. The number of hydrogen-bond donors (Lipinski definition) is 1. The minimum Gasteiger partial charge on any atom is -0.378 e. The summed E-state index contributed by atoms with van der Waals surface area (Å²) in [5, 5.41) is 0. The Balaban J connectivity index is 2.27. The van der Waals surface area contributed by atoms with Crippen LogP contribution < -0.4 is 10.6 Å². The standard InChI is InChI=1S/C12H17FN2O/c1-9(14)10-2-3-11(13)12(8-10)15-4-6-16-7-5-15/h2-3,8-9H,4-7,14H2,1H3/t9-/m0/s1. The maximum Gasteiger partial charge on any atom is 0.146 e. The van der Waals surface area contributed by atoms with E-state index in [1.54, 1.807) is 6.07 Å². The van der Waals surface area contributed by atoms with Crippen molar-refractivity contribution < 1.29 is 9.13 Å². The molecule has 2 N–H and O–H groups in total. The number of hydrogen-bond acceptors (Lipinski definition) is 3. The van der Waals surface area contributed by atoms with Crippen LogP contribution in [-0.2, 0) is 4.74 Å². The summed E-state index contributed by atoms with van der Waals surface area (Å²) in [6.45, 7) is 4.68. The van der Waals surface area contributed by atoms with E-state index in [4.69, 9.17) is 10.5 Å². The lowest BCUT2D eigenvalue weighted by atomic mass is 10.1. The van der Waals surface area contributed by atoms with Crippen LogP contribution in [0.5, 0.6) is 0 Å². The first-order chi connectivity index (χ1) is 7.68. The van der Waals surface area contributed by atoms with Crippen molar-refractivity contribution in [1.82, 2.24) is 0 Å². The molecule has 0 radical (unpaired) electrons. The molecule has 1 fully saturated rings. The Hall–Kier alpha value is -1.13. The zero-order chi connectivity index (χ0) is 11.5. The van der Waals surface area contributed by atoms with Crippen molar-refractivity contribution >= 4 is 5.69 Å². The lowest BCUT2D eigenvalue weighted by molar-refractivity contribution is 0.122. The zero-order valence-corrected chi connectivity index (χ0v) is 9.45. The topological polar surface area (TPSA) is 38.5 Å². The SMILES string of the molecule is C[C@H](N)c1ccc(F)c(N2CCOCC2)c1. The molecule has 1 saturated heterocycles. The van der Waals surface area contributed by atoms with E-state index in [2.05, 4.69) is 0 Å². The summed E-state index contributed by atoms with van der Waals surface area (Å²) in [4.78, 5) is 2.00. The van der Waals surface area contributed by atoms with Crippen LogP contribution in [0.15, 0.2) is 18.2 Å². The summed E-state index contributed by atoms with van der Waals surface area (Å²) in [7, 11) is 0. The van der Waals surface area contributed by atoms with E-state index in [1.807, 2.05) is 17.9 Å². The maximum absolute atomic E-state index is 13.7. The molecule has 1 aliphatic heterocycles. The molecule has 3 nitrogen and oxygen atoms in total. The molecule has 0 unspecified atom stereocenters. The molecule has 0 amide bonds. The molecule has 0 aliphatic carbocycles. The van der Waals surface area contributed by atoms with Gasteiger partial charge in [-0.05, 0) is 24.6 Å². The second kappa shape index (κ2) is 4.80. The van der Waals surface area contributed by atoms with E-state index < -0.39 is 0 Å². The highest BCUT2D eigenvalue weighted by Crippen LogP contribution is 2.24. The van der Waals surface area contributed by atoms with Crippen LogP contribution in [0.1, 0.15) is 18.5 Å². The van der Waals surface area contributed by atoms with Crippen LogP contribution in [0.4, 0.5) is 10.1 Å². The van der Waals surface area contributed by atoms with Gasteiger partial charge in [0.2, 0.25) is 0 Å². The van der Waals surface area contributed by atoms with Gasteiger partial charge >= 0.3 is 0 Å². The fraction of sp³-hybridized carbons (Fsp3) is 0.500. The predicted molar refractivity (Wildman–Crippen MR) is 62.0 cm³/mol. The number of nitrogens with two attached hydrogens (primary N) is 1. The Bertz CT molecular complexity index is 362. The quantitative estimate of drug-likeness (QED) is 0.830. The van der Waals surface area contributed by atoms with Gasteiger partial charge in [-0.15, -0.1) is 0 Å². The molecule has 0 aromatic heterocycles. The molecule has 88 valence electrons. The number of nitrogens with zero attached hydrogens (tertiary/aromatic N) is 1. The van der Waals surface area contributed by atoms with Gasteiger partial charge in [0.1, 0.15) is 5.82 Å². The van der Waals surface area contributed by atoms with Crippen molar-refractivity contribution in [3.05, 3.63) is 29.6 Å². The molecule has 1 heterocycles. The van der Waals surface area contributed by atoms with Gasteiger partial charge in [-0.3, -0.25) is 0 Å². The highest BCUT2D eigenvalue weighted by molar-refractivity contribution is 5.50. The van der Waals surface area contributed by atoms with Crippen molar-refractivity contribution in [2.75, 3.05) is 31.2 Å². The van der Waals surface area contributed by atoms with Crippen molar-refractivity contribution in [2.24, 2.45) is 5.73 Å². The number of benzene rings is 1. The molecule has 1 aliphatic rings. The van der Waals surface area contributed by atoms with Gasteiger partial charge in [-0.25, -0.2) is 4.39 Å². The third-order valence-corrected chi connectivity index (χ3v) is 2.85. The minimum atomic E-state index is -0.189. The van der Waals surface area contributed by atoms with Gasteiger partial charge in [0, 0.05) is 19.1 Å². The second-order valence-electron chi connectivity index (χ2n) is 4.10. The highest BCUT2D eigenvalue weighted by Gasteiger charge is 2.16. The van der Waals surface area contributed by atoms with Crippen molar-refractivity contribution in [1.29, 1.82) is 0 Å². The Labute approximate surface area is 95.0 Å². The number of morpholine rings is 1. The fourth-order valence-corrected chi connectivity index (χ4v) is 1.86. The van der Waals surface area contributed by atoms with Crippen LogP contribution in [0.2, 0.25) is 0 Å². The van der Waals surface area contributed by atoms with Gasteiger partial charge < -0.3 is 15.4 Å². The van der Waals surface area contributed by atoms with Crippen molar-refractivity contribution in [3.8, 4) is 0 Å². The van der Waals surface area contributed by atoms with Crippen molar-refractivity contribution in [3.63, 3.8) is 0 Å². The number of anilines is 1. The van der Waals surface area contributed by atoms with Gasteiger partial charge in [-0.2, -0.15) is 0 Å². The fourth-order valence-electron chi connectivity index (χ4n) is 1.86. The molecule has 1 aromatic carbocycles. The average Bonchev–Trinajstić information content (AvgIpc) is 2.30. The lowest BCUT2D eigenvalue weighted by Gasteiger charge is -2.29. The summed E-state index contributed by atoms with van der Waals surface area (Å²) >= 11 is 0. The first kappa shape index (κ1) is 11.4. The highest BCUT2D eigenvalue weighted by atomic mass is 19.1. The van der Waals surface area contributed by atoms with E-state index in [-0.39, 0.29) is 11.9 Å². The summed E-state index contributed by atoms with van der Waals surface area (Å²) in [5.41, 5.74) is 7.39. The first-order valence-corrected chi connectivity index (χ1v) is 5.56. The lowest BCUT2D eigenvalue weighted by Crippen LogP contribution is -2.36. The van der Waals surface area contributed by atoms with Gasteiger partial charge in [0.15, 0.2) is 0 Å². The molecular weight excluding hydrogens is 207 g/mol. The third kappa shape index (κ3) is 2.33. The van der Waals surface area contributed by atoms with E-state index in [0.717, 1.165) is 18.7 Å². The van der Waals surface area contributed by atoms with Crippen LogP contribution in [-0.4, -0.2) is 26.3 Å². The normalized spacial score (nSPS) is 18.6. The van der Waals surface area contributed by atoms with Crippen molar-refractivity contribution in [2.45, 2.75) is 13.0 Å². The molecule has 1 atom stereocenters. The molecule has 1 aromatic rings.